The fraction of sp³-hybridized carbons (Fsp3) is 0.524. The minimum atomic E-state index is -0.836. The summed E-state index contributed by atoms with van der Waals surface area (Å²) < 4.78 is 16.6. The zero-order valence-electron chi connectivity index (χ0n) is 16.4. The van der Waals surface area contributed by atoms with Crippen LogP contribution >= 0.6 is 0 Å². The van der Waals surface area contributed by atoms with Crippen molar-refractivity contribution in [1.29, 1.82) is 0 Å². The number of esters is 1. The Kier molecular flexibility index (Phi) is 5.73. The van der Waals surface area contributed by atoms with Gasteiger partial charge in [0.2, 0.25) is 5.76 Å². The van der Waals surface area contributed by atoms with Gasteiger partial charge in [0.15, 0.2) is 6.10 Å². The summed E-state index contributed by atoms with van der Waals surface area (Å²) in [7, 11) is 0. The number of carbonyl (C=O) groups is 2. The van der Waals surface area contributed by atoms with E-state index in [9.17, 15) is 9.59 Å². The van der Waals surface area contributed by atoms with E-state index in [0.29, 0.717) is 36.8 Å². The van der Waals surface area contributed by atoms with Crippen molar-refractivity contribution in [3.63, 3.8) is 0 Å². The molecule has 6 heteroatoms. The van der Waals surface area contributed by atoms with Crippen molar-refractivity contribution in [2.75, 3.05) is 19.7 Å². The molecular weight excluding hydrogens is 346 g/mol. The van der Waals surface area contributed by atoms with Gasteiger partial charge in [0.25, 0.3) is 5.91 Å². The fourth-order valence-electron chi connectivity index (χ4n) is 3.40. The monoisotopic (exact) mass is 373 g/mol. The number of benzene rings is 1. The second-order valence-corrected chi connectivity index (χ2v) is 7.20. The van der Waals surface area contributed by atoms with Gasteiger partial charge in [-0.25, -0.2) is 4.79 Å². The summed E-state index contributed by atoms with van der Waals surface area (Å²) in [5.41, 5.74) is 1.27. The van der Waals surface area contributed by atoms with E-state index < -0.39 is 12.1 Å². The van der Waals surface area contributed by atoms with Gasteiger partial charge in [0, 0.05) is 24.0 Å². The van der Waals surface area contributed by atoms with Gasteiger partial charge in [-0.1, -0.05) is 6.92 Å². The summed E-state index contributed by atoms with van der Waals surface area (Å²) >= 11 is 0. The SMILES string of the molecule is CCOc1ccc2oc(C(=O)O[C@@H](C)C(=O)N3CCC(C)CC3)c(C)c2c1. The van der Waals surface area contributed by atoms with Crippen LogP contribution in [0.15, 0.2) is 22.6 Å². The highest BCUT2D eigenvalue weighted by molar-refractivity contribution is 5.97. The van der Waals surface area contributed by atoms with Gasteiger partial charge in [-0.2, -0.15) is 0 Å². The third kappa shape index (κ3) is 4.10. The number of ether oxygens (including phenoxy) is 2. The Balaban J connectivity index is 1.71. The quantitative estimate of drug-likeness (QED) is 0.743. The number of nitrogens with zero attached hydrogens (tertiary/aromatic N) is 1. The molecule has 0 saturated carbocycles. The molecule has 1 aromatic carbocycles. The summed E-state index contributed by atoms with van der Waals surface area (Å²) in [4.78, 5) is 26.9. The summed E-state index contributed by atoms with van der Waals surface area (Å²) in [5.74, 6) is 0.712. The molecule has 0 radical (unpaired) electrons. The number of hydrogen-bond acceptors (Lipinski definition) is 5. The lowest BCUT2D eigenvalue weighted by atomic mass is 9.99. The molecular formula is C21H27NO5. The van der Waals surface area contributed by atoms with Gasteiger partial charge in [-0.15, -0.1) is 0 Å². The van der Waals surface area contributed by atoms with Crippen LogP contribution in [0.25, 0.3) is 11.0 Å². The van der Waals surface area contributed by atoms with Crippen molar-refractivity contribution in [2.24, 2.45) is 5.92 Å². The first-order chi connectivity index (χ1) is 12.9. The molecule has 1 saturated heterocycles. The van der Waals surface area contributed by atoms with Crippen LogP contribution < -0.4 is 4.74 Å². The highest BCUT2D eigenvalue weighted by Crippen LogP contribution is 2.29. The summed E-state index contributed by atoms with van der Waals surface area (Å²) in [6.07, 6.45) is 1.13. The van der Waals surface area contributed by atoms with Crippen molar-refractivity contribution < 1.29 is 23.5 Å². The molecule has 0 aliphatic carbocycles. The number of amides is 1. The number of carbonyl (C=O) groups excluding carboxylic acids is 2. The topological polar surface area (TPSA) is 69.0 Å². The molecule has 3 rings (SSSR count). The predicted octanol–water partition coefficient (Wildman–Crippen LogP) is 3.94. The largest absolute Gasteiger partial charge is 0.494 e. The van der Waals surface area contributed by atoms with Gasteiger partial charge in [-0.05, 0) is 57.7 Å². The second-order valence-electron chi connectivity index (χ2n) is 7.20. The van der Waals surface area contributed by atoms with Gasteiger partial charge >= 0.3 is 5.97 Å². The van der Waals surface area contributed by atoms with Gasteiger partial charge in [-0.3, -0.25) is 4.79 Å². The molecule has 27 heavy (non-hydrogen) atoms. The molecule has 1 aliphatic rings. The fourth-order valence-corrected chi connectivity index (χ4v) is 3.40. The first-order valence-corrected chi connectivity index (χ1v) is 9.56. The van der Waals surface area contributed by atoms with Crippen LogP contribution in [-0.4, -0.2) is 42.6 Å². The molecule has 146 valence electrons. The standard InChI is InChI=1S/C21H27NO5/c1-5-25-16-6-7-18-17(12-16)14(3)19(27-18)21(24)26-15(4)20(23)22-10-8-13(2)9-11-22/h6-7,12-13,15H,5,8-11H2,1-4H3/t15-/m0/s1. The van der Waals surface area contributed by atoms with Gasteiger partial charge in [0.05, 0.1) is 6.61 Å². The zero-order valence-corrected chi connectivity index (χ0v) is 16.4. The van der Waals surface area contributed by atoms with Crippen molar-refractivity contribution in [2.45, 2.75) is 46.6 Å². The van der Waals surface area contributed by atoms with Crippen LogP contribution in [0.3, 0.4) is 0 Å². The molecule has 2 aromatic rings. The molecule has 0 N–H and O–H groups in total. The summed E-state index contributed by atoms with van der Waals surface area (Å²) in [6, 6.07) is 5.42. The Morgan fingerprint density at radius 1 is 1.30 bits per heavy atom. The van der Waals surface area contributed by atoms with E-state index in [0.717, 1.165) is 24.0 Å². The predicted molar refractivity (Wildman–Crippen MR) is 102 cm³/mol. The van der Waals surface area contributed by atoms with Crippen molar-refractivity contribution in [1.82, 2.24) is 4.90 Å². The van der Waals surface area contributed by atoms with E-state index in [1.807, 2.05) is 13.0 Å². The van der Waals surface area contributed by atoms with Crippen LogP contribution in [0, 0.1) is 12.8 Å². The van der Waals surface area contributed by atoms with E-state index in [1.54, 1.807) is 30.9 Å². The number of likely N-dealkylation sites (tertiary alicyclic amines) is 1. The lowest BCUT2D eigenvalue weighted by Gasteiger charge is -2.31. The molecule has 0 unspecified atom stereocenters. The van der Waals surface area contributed by atoms with E-state index in [1.165, 1.54) is 0 Å². The number of hydrogen-bond donors (Lipinski definition) is 0. The maximum absolute atomic E-state index is 12.6. The molecule has 1 aliphatic heterocycles. The first-order valence-electron chi connectivity index (χ1n) is 9.56. The van der Waals surface area contributed by atoms with Crippen molar-refractivity contribution >= 4 is 22.8 Å². The lowest BCUT2D eigenvalue weighted by Crippen LogP contribution is -2.44. The zero-order chi connectivity index (χ0) is 19.6. The molecule has 1 atom stereocenters. The van der Waals surface area contributed by atoms with Crippen LogP contribution in [0.4, 0.5) is 0 Å². The van der Waals surface area contributed by atoms with Crippen molar-refractivity contribution in [3.8, 4) is 5.75 Å². The Labute approximate surface area is 159 Å². The number of piperidine rings is 1. The normalized spacial score (nSPS) is 16.4. The molecule has 1 fully saturated rings. The van der Waals surface area contributed by atoms with E-state index >= 15 is 0 Å². The number of rotatable bonds is 5. The summed E-state index contributed by atoms with van der Waals surface area (Å²) in [5, 5.41) is 0.803. The van der Waals surface area contributed by atoms with Crippen LogP contribution in [-0.2, 0) is 9.53 Å². The van der Waals surface area contributed by atoms with Crippen LogP contribution in [0.5, 0.6) is 5.75 Å². The average Bonchev–Trinajstić information content (AvgIpc) is 2.98. The Bertz CT molecular complexity index is 832. The van der Waals surface area contributed by atoms with Crippen molar-refractivity contribution in [3.05, 3.63) is 29.5 Å². The highest BCUT2D eigenvalue weighted by Gasteiger charge is 2.29. The third-order valence-corrected chi connectivity index (χ3v) is 5.13. The number of furan rings is 1. The number of fused-ring (bicyclic) bond motifs is 1. The van der Waals surface area contributed by atoms with Gasteiger partial charge < -0.3 is 18.8 Å². The lowest BCUT2D eigenvalue weighted by molar-refractivity contribution is -0.141. The molecule has 6 nitrogen and oxygen atoms in total. The van der Waals surface area contributed by atoms with Gasteiger partial charge in [0.1, 0.15) is 11.3 Å². The van der Waals surface area contributed by atoms with E-state index in [-0.39, 0.29) is 11.7 Å². The number of aryl methyl sites for hydroxylation is 1. The third-order valence-electron chi connectivity index (χ3n) is 5.13. The smallest absolute Gasteiger partial charge is 0.375 e. The maximum atomic E-state index is 12.6. The minimum absolute atomic E-state index is 0.130. The summed E-state index contributed by atoms with van der Waals surface area (Å²) in [6.45, 7) is 9.51. The Hall–Kier alpha value is -2.50. The molecule has 0 bridgehead atoms. The molecule has 1 amide bonds. The van der Waals surface area contributed by atoms with Crippen LogP contribution in [0.1, 0.15) is 49.7 Å². The first kappa shape index (κ1) is 19.3. The second kappa shape index (κ2) is 8.03. The minimum Gasteiger partial charge on any atom is -0.494 e. The Morgan fingerprint density at radius 3 is 2.67 bits per heavy atom. The molecule has 1 aromatic heterocycles. The van der Waals surface area contributed by atoms with E-state index in [2.05, 4.69) is 6.92 Å². The van der Waals surface area contributed by atoms with E-state index in [4.69, 9.17) is 13.9 Å². The Morgan fingerprint density at radius 2 is 2.00 bits per heavy atom. The molecule has 0 spiro atoms. The maximum Gasteiger partial charge on any atom is 0.375 e. The van der Waals surface area contributed by atoms with Crippen LogP contribution in [0.2, 0.25) is 0 Å². The highest BCUT2D eigenvalue weighted by atomic mass is 16.6. The average molecular weight is 373 g/mol. The molecule has 2 heterocycles.